The molecule has 10 heteroatoms. The normalized spacial score (nSPS) is 32.8. The van der Waals surface area contributed by atoms with Crippen LogP contribution in [0.3, 0.4) is 0 Å². The fraction of sp³-hybridized carbons (Fsp3) is 0.545. The number of aliphatic hydroxyl groups excluding tert-OH is 1. The van der Waals surface area contributed by atoms with E-state index in [-0.39, 0.29) is 23.7 Å². The molecule has 2 aromatic rings. The molecule has 1 amide bonds. The highest BCUT2D eigenvalue weighted by Gasteiger charge is 2.44. The number of anilines is 1. The highest BCUT2D eigenvalue weighted by Crippen LogP contribution is 2.47. The van der Waals surface area contributed by atoms with Crippen molar-refractivity contribution in [1.82, 2.24) is 4.72 Å². The molecule has 1 fully saturated rings. The van der Waals surface area contributed by atoms with Crippen molar-refractivity contribution >= 4 is 33.2 Å². The molecule has 0 radical (unpaired) electrons. The number of ether oxygens (including phenoxy) is 2. The van der Waals surface area contributed by atoms with Crippen LogP contribution >= 0.6 is 11.6 Å². The molecular weight excluding hydrogens is 588 g/mol. The maximum atomic E-state index is 13.4. The van der Waals surface area contributed by atoms with Crippen LogP contribution in [0.15, 0.2) is 48.6 Å². The Balaban J connectivity index is 1.43. The number of carbonyl (C=O) groups excluding carboxylic acids is 1. The lowest BCUT2D eigenvalue weighted by Gasteiger charge is -2.46. The number of nitrogens with one attached hydrogen (secondary N) is 1. The highest BCUT2D eigenvalue weighted by atomic mass is 35.5. The minimum atomic E-state index is -4.06. The van der Waals surface area contributed by atoms with Crippen LogP contribution in [-0.2, 0) is 26.6 Å². The molecule has 2 aliphatic carbocycles. The number of benzene rings is 2. The van der Waals surface area contributed by atoms with Crippen LogP contribution in [0.25, 0.3) is 0 Å². The van der Waals surface area contributed by atoms with Crippen LogP contribution in [0.1, 0.15) is 60.5 Å². The number of aryl methyl sites for hydroxylation is 1. The Labute approximate surface area is 259 Å². The molecule has 2 heterocycles. The first-order chi connectivity index (χ1) is 20.6. The number of amides is 1. The number of allylic oxidation sites excluding steroid dienone is 1. The minimum Gasteiger partial charge on any atom is -0.490 e. The van der Waals surface area contributed by atoms with E-state index in [0.717, 1.165) is 49.4 Å². The van der Waals surface area contributed by atoms with Gasteiger partial charge in [-0.3, -0.25) is 4.79 Å². The lowest BCUT2D eigenvalue weighted by molar-refractivity contribution is 0.0131. The zero-order valence-corrected chi connectivity index (χ0v) is 26.4. The summed E-state index contributed by atoms with van der Waals surface area (Å²) in [5.41, 5.74) is 3.32. The van der Waals surface area contributed by atoms with Crippen molar-refractivity contribution in [3.63, 3.8) is 0 Å². The predicted octanol–water partition coefficient (Wildman–Crippen LogP) is 4.87. The summed E-state index contributed by atoms with van der Waals surface area (Å²) in [7, 11) is -2.34. The second-order valence-corrected chi connectivity index (χ2v) is 15.3. The lowest BCUT2D eigenvalue weighted by atomic mass is 9.68. The summed E-state index contributed by atoms with van der Waals surface area (Å²) < 4.78 is 41.3. The van der Waals surface area contributed by atoms with Crippen molar-refractivity contribution in [3.8, 4) is 5.75 Å². The quantitative estimate of drug-likeness (QED) is 0.457. The van der Waals surface area contributed by atoms with Crippen molar-refractivity contribution < 1.29 is 27.8 Å². The fourth-order valence-corrected chi connectivity index (χ4v) is 8.99. The van der Waals surface area contributed by atoms with E-state index < -0.39 is 27.1 Å². The number of aliphatic hydroxyl groups is 1. The van der Waals surface area contributed by atoms with Crippen LogP contribution in [0.4, 0.5) is 5.69 Å². The van der Waals surface area contributed by atoms with Crippen LogP contribution in [0, 0.1) is 17.8 Å². The third-order valence-corrected chi connectivity index (χ3v) is 12.4. The number of carbonyl (C=O) groups is 1. The van der Waals surface area contributed by atoms with Gasteiger partial charge >= 0.3 is 0 Å². The van der Waals surface area contributed by atoms with Crippen molar-refractivity contribution in [2.75, 3.05) is 38.3 Å². The Morgan fingerprint density at radius 1 is 1.21 bits per heavy atom. The zero-order valence-electron chi connectivity index (χ0n) is 24.8. The second-order valence-electron chi connectivity index (χ2n) is 12.8. The summed E-state index contributed by atoms with van der Waals surface area (Å²) in [5, 5.41) is 9.78. The molecule has 0 saturated heterocycles. The monoisotopic (exact) mass is 628 g/mol. The van der Waals surface area contributed by atoms with E-state index >= 15 is 0 Å². The number of fused-ring (bicyclic) bond motifs is 4. The molecule has 8 nitrogen and oxygen atoms in total. The van der Waals surface area contributed by atoms with Crippen LogP contribution in [0.2, 0.25) is 5.02 Å². The molecule has 43 heavy (non-hydrogen) atoms. The largest absolute Gasteiger partial charge is 0.490 e. The maximum Gasteiger partial charge on any atom is 0.264 e. The number of rotatable bonds is 2. The Bertz CT molecular complexity index is 1510. The maximum absolute atomic E-state index is 13.4. The SMILES string of the molecule is CO[C@@H]1/C=C/C[C@H](CO)[C@@H](C)S(=O)(=O)NC(=O)c2ccc3c(c2)N(C[C@@H]2CC[C@H]21)C[C@@]1(CCCc2cc(Cl)ccc21)CO3. The minimum absolute atomic E-state index is 0.113. The van der Waals surface area contributed by atoms with Gasteiger partial charge in [0.25, 0.3) is 5.91 Å². The highest BCUT2D eigenvalue weighted by molar-refractivity contribution is 7.90. The molecule has 4 aliphatic rings. The number of hydrogen-bond acceptors (Lipinski definition) is 7. The number of nitrogens with zero attached hydrogens (tertiary/aromatic N) is 1. The van der Waals surface area contributed by atoms with Gasteiger partial charge in [-0.25, -0.2) is 13.1 Å². The van der Waals surface area contributed by atoms with Gasteiger partial charge in [0.15, 0.2) is 0 Å². The van der Waals surface area contributed by atoms with E-state index in [1.807, 2.05) is 18.2 Å². The summed E-state index contributed by atoms with van der Waals surface area (Å²) in [6.45, 7) is 3.20. The van der Waals surface area contributed by atoms with Crippen LogP contribution in [0.5, 0.6) is 5.75 Å². The number of sulfonamides is 1. The van der Waals surface area contributed by atoms with Crippen molar-refractivity contribution in [2.24, 2.45) is 17.8 Å². The van der Waals surface area contributed by atoms with E-state index in [1.54, 1.807) is 25.3 Å². The van der Waals surface area contributed by atoms with Crippen molar-refractivity contribution in [1.29, 1.82) is 0 Å². The molecule has 0 unspecified atom stereocenters. The molecule has 6 atom stereocenters. The third kappa shape index (κ3) is 5.81. The Morgan fingerprint density at radius 3 is 2.79 bits per heavy atom. The van der Waals surface area contributed by atoms with E-state index in [9.17, 15) is 18.3 Å². The van der Waals surface area contributed by atoms with Gasteiger partial charge in [0, 0.05) is 48.7 Å². The summed E-state index contributed by atoms with van der Waals surface area (Å²) in [4.78, 5) is 15.7. The molecule has 2 bridgehead atoms. The van der Waals surface area contributed by atoms with Gasteiger partial charge < -0.3 is 19.5 Å². The van der Waals surface area contributed by atoms with Crippen molar-refractivity contribution in [2.45, 2.75) is 62.2 Å². The first kappa shape index (κ1) is 30.4. The van der Waals surface area contributed by atoms with Gasteiger partial charge in [-0.15, -0.1) is 0 Å². The predicted molar refractivity (Wildman–Crippen MR) is 167 cm³/mol. The van der Waals surface area contributed by atoms with Gasteiger partial charge in [-0.1, -0.05) is 29.8 Å². The number of hydrogen-bond donors (Lipinski definition) is 2. The van der Waals surface area contributed by atoms with Crippen LogP contribution < -0.4 is 14.4 Å². The molecule has 1 saturated carbocycles. The molecule has 2 aliphatic heterocycles. The average molecular weight is 629 g/mol. The summed E-state index contributed by atoms with van der Waals surface area (Å²) in [6, 6.07) is 11.4. The Hall–Kier alpha value is -2.59. The molecular formula is C33H41ClN2O6S. The number of methoxy groups -OCH3 is 1. The average Bonchev–Trinajstić information content (AvgIpc) is 3.12. The molecule has 1 spiro atoms. The standard InChI is InChI=1S/C33H41ClN2O6S/c1-21-25(18-37)5-3-7-30(41-2)27-11-8-24(27)17-36-19-33(14-4-6-22-15-26(34)10-12-28(22)33)20-42-31-13-9-23(16-29(31)36)32(38)35-43(21,39)40/h3,7,9-10,12-13,15-16,21,24-25,27,30,37H,4-6,8,11,14,17-20H2,1-2H3,(H,35,38)/b7-3+/t21-,24+,25-,27-,30-,33+/m1/s1. The zero-order chi connectivity index (χ0) is 30.4. The van der Waals surface area contributed by atoms with Gasteiger partial charge in [0.2, 0.25) is 10.0 Å². The fourth-order valence-electron chi connectivity index (χ4n) is 7.52. The molecule has 0 aromatic heterocycles. The van der Waals surface area contributed by atoms with Gasteiger partial charge in [-0.05, 0) is 98.7 Å². The lowest BCUT2D eigenvalue weighted by Crippen LogP contribution is -2.49. The molecule has 2 N–H and O–H groups in total. The van der Waals surface area contributed by atoms with E-state index in [4.69, 9.17) is 21.1 Å². The number of halogens is 1. The smallest absolute Gasteiger partial charge is 0.264 e. The first-order valence-corrected chi connectivity index (χ1v) is 17.2. The van der Waals surface area contributed by atoms with E-state index in [1.165, 1.54) is 18.1 Å². The van der Waals surface area contributed by atoms with Crippen LogP contribution in [-0.4, -0.2) is 64.2 Å². The molecule has 6 rings (SSSR count). The van der Waals surface area contributed by atoms with Gasteiger partial charge in [0.05, 0.1) is 23.6 Å². The van der Waals surface area contributed by atoms with Gasteiger partial charge in [0.1, 0.15) is 5.75 Å². The Morgan fingerprint density at radius 2 is 2.05 bits per heavy atom. The van der Waals surface area contributed by atoms with Crippen molar-refractivity contribution in [3.05, 3.63) is 70.3 Å². The summed E-state index contributed by atoms with van der Waals surface area (Å²) >= 11 is 6.40. The third-order valence-electron chi connectivity index (χ3n) is 10.3. The van der Waals surface area contributed by atoms with Gasteiger partial charge in [-0.2, -0.15) is 0 Å². The van der Waals surface area contributed by atoms with E-state index in [0.29, 0.717) is 37.2 Å². The Kier molecular flexibility index (Phi) is 8.54. The summed E-state index contributed by atoms with van der Waals surface area (Å²) in [6.07, 6.45) is 9.27. The second kappa shape index (κ2) is 12.1. The topological polar surface area (TPSA) is 105 Å². The molecule has 2 aromatic carbocycles. The summed E-state index contributed by atoms with van der Waals surface area (Å²) in [5.74, 6) is 0.0990. The molecule has 232 valence electrons. The van der Waals surface area contributed by atoms with E-state index in [2.05, 4.69) is 21.8 Å². The first-order valence-electron chi connectivity index (χ1n) is 15.3.